The van der Waals surface area contributed by atoms with Crippen LogP contribution in [0.2, 0.25) is 0 Å². The number of aromatic nitrogens is 1. The Morgan fingerprint density at radius 3 is 2.59 bits per heavy atom. The number of benzene rings is 1. The molecule has 0 bridgehead atoms. The number of thioether (sulfide) groups is 1. The first-order valence-corrected chi connectivity index (χ1v) is 9.07. The Bertz CT molecular complexity index is 599. The summed E-state index contributed by atoms with van der Waals surface area (Å²) in [6.45, 7) is 2.50. The third-order valence-electron chi connectivity index (χ3n) is 2.59. The second-order valence-electron chi connectivity index (χ2n) is 4.32. The van der Waals surface area contributed by atoms with Crippen molar-refractivity contribution in [1.82, 2.24) is 4.98 Å². The molecule has 0 spiro atoms. The zero-order valence-corrected chi connectivity index (χ0v) is 14.1. The fraction of sp³-hybridized carbons (Fsp3) is 0.333. The normalized spacial score (nSPS) is 10.3. The molecule has 2 rings (SSSR count). The molecule has 1 N–H and O–H groups in total. The summed E-state index contributed by atoms with van der Waals surface area (Å²) >= 11 is 3.11. The van der Waals surface area contributed by atoms with Crippen LogP contribution < -0.4 is 14.8 Å². The molecule has 0 radical (unpaired) electrons. The van der Waals surface area contributed by atoms with Crippen LogP contribution in [0.25, 0.3) is 0 Å². The molecule has 5 nitrogen and oxygen atoms in total. The maximum absolute atomic E-state index is 11.8. The van der Waals surface area contributed by atoms with Gasteiger partial charge in [0, 0.05) is 11.1 Å². The molecule has 0 saturated carbocycles. The topological polar surface area (TPSA) is 60.5 Å². The van der Waals surface area contributed by atoms with Crippen LogP contribution in [0.15, 0.2) is 29.6 Å². The van der Waals surface area contributed by atoms with Gasteiger partial charge in [0.1, 0.15) is 11.5 Å². The second kappa shape index (κ2) is 8.65. The molecule has 0 fully saturated rings. The standard InChI is InChI=1S/C15H18N2O3S2/c1-3-19-12-4-6-13(7-5-12)20-8-14(18)17-15-16-11(9-21-2)10-22-15/h4-7,10H,3,8-9H2,1-2H3,(H,16,17,18). The predicted molar refractivity (Wildman–Crippen MR) is 91.1 cm³/mol. The lowest BCUT2D eigenvalue weighted by atomic mass is 10.3. The van der Waals surface area contributed by atoms with Crippen LogP contribution in [0.5, 0.6) is 11.5 Å². The summed E-state index contributed by atoms with van der Waals surface area (Å²) in [4.78, 5) is 16.1. The SMILES string of the molecule is CCOc1ccc(OCC(=O)Nc2nc(CSC)cs2)cc1. The third kappa shape index (κ3) is 5.23. The van der Waals surface area contributed by atoms with Crippen LogP contribution in [-0.2, 0) is 10.5 Å². The Kier molecular flexibility index (Phi) is 6.54. The van der Waals surface area contributed by atoms with Crippen molar-refractivity contribution in [2.75, 3.05) is 24.8 Å². The molecule has 7 heteroatoms. The van der Waals surface area contributed by atoms with E-state index in [0.717, 1.165) is 17.2 Å². The number of nitrogens with one attached hydrogen (secondary N) is 1. The summed E-state index contributed by atoms with van der Waals surface area (Å²) < 4.78 is 10.8. The number of anilines is 1. The highest BCUT2D eigenvalue weighted by Crippen LogP contribution is 2.19. The lowest BCUT2D eigenvalue weighted by molar-refractivity contribution is -0.118. The third-order valence-corrected chi connectivity index (χ3v) is 3.99. The number of thiazole rings is 1. The first-order valence-electron chi connectivity index (χ1n) is 6.80. The fourth-order valence-corrected chi connectivity index (χ4v) is 2.96. The highest BCUT2D eigenvalue weighted by molar-refractivity contribution is 7.97. The zero-order chi connectivity index (χ0) is 15.8. The van der Waals surface area contributed by atoms with E-state index in [2.05, 4.69) is 10.3 Å². The summed E-state index contributed by atoms with van der Waals surface area (Å²) in [6.07, 6.45) is 2.02. The van der Waals surface area contributed by atoms with Crippen LogP contribution in [0.1, 0.15) is 12.6 Å². The molecule has 22 heavy (non-hydrogen) atoms. The average Bonchev–Trinajstić information content (AvgIpc) is 2.94. The molecular weight excluding hydrogens is 320 g/mol. The van der Waals surface area contributed by atoms with Gasteiger partial charge in [-0.1, -0.05) is 0 Å². The number of amides is 1. The highest BCUT2D eigenvalue weighted by atomic mass is 32.2. The summed E-state index contributed by atoms with van der Waals surface area (Å²) in [5.74, 6) is 2.03. The molecule has 1 amide bonds. The van der Waals surface area contributed by atoms with Gasteiger partial charge >= 0.3 is 0 Å². The number of ether oxygens (including phenoxy) is 2. The van der Waals surface area contributed by atoms with E-state index in [1.165, 1.54) is 11.3 Å². The van der Waals surface area contributed by atoms with Crippen molar-refractivity contribution < 1.29 is 14.3 Å². The predicted octanol–water partition coefficient (Wildman–Crippen LogP) is 3.42. The van der Waals surface area contributed by atoms with E-state index in [1.807, 2.05) is 30.7 Å². The van der Waals surface area contributed by atoms with Gasteiger partial charge in [0.15, 0.2) is 11.7 Å². The van der Waals surface area contributed by atoms with Crippen LogP contribution in [0.3, 0.4) is 0 Å². The largest absolute Gasteiger partial charge is 0.494 e. The van der Waals surface area contributed by atoms with Crippen LogP contribution in [0.4, 0.5) is 5.13 Å². The van der Waals surface area contributed by atoms with Crippen molar-refractivity contribution in [3.63, 3.8) is 0 Å². The van der Waals surface area contributed by atoms with Gasteiger partial charge < -0.3 is 9.47 Å². The highest BCUT2D eigenvalue weighted by Gasteiger charge is 2.07. The number of hydrogen-bond acceptors (Lipinski definition) is 6. The lowest BCUT2D eigenvalue weighted by Crippen LogP contribution is -2.20. The zero-order valence-electron chi connectivity index (χ0n) is 12.5. The molecule has 2 aromatic rings. The second-order valence-corrected chi connectivity index (χ2v) is 6.04. The number of hydrogen-bond donors (Lipinski definition) is 1. The van der Waals surface area contributed by atoms with Crippen molar-refractivity contribution in [3.8, 4) is 11.5 Å². The van der Waals surface area contributed by atoms with E-state index in [1.54, 1.807) is 23.9 Å². The molecule has 1 aromatic carbocycles. The molecule has 1 heterocycles. The van der Waals surface area contributed by atoms with Crippen molar-refractivity contribution in [3.05, 3.63) is 35.3 Å². The summed E-state index contributed by atoms with van der Waals surface area (Å²) in [7, 11) is 0. The quantitative estimate of drug-likeness (QED) is 0.799. The maximum Gasteiger partial charge on any atom is 0.264 e. The Balaban J connectivity index is 1.79. The van der Waals surface area contributed by atoms with Crippen molar-refractivity contribution in [2.45, 2.75) is 12.7 Å². The van der Waals surface area contributed by atoms with Gasteiger partial charge in [0.25, 0.3) is 5.91 Å². The van der Waals surface area contributed by atoms with Crippen LogP contribution in [0, 0.1) is 0 Å². The minimum atomic E-state index is -0.223. The Hall–Kier alpha value is -1.73. The minimum Gasteiger partial charge on any atom is -0.494 e. The molecule has 118 valence electrons. The van der Waals surface area contributed by atoms with Crippen molar-refractivity contribution >= 4 is 34.1 Å². The van der Waals surface area contributed by atoms with Gasteiger partial charge in [-0.25, -0.2) is 4.98 Å². The summed E-state index contributed by atoms with van der Waals surface area (Å²) in [5.41, 5.74) is 0.972. The van der Waals surface area contributed by atoms with E-state index < -0.39 is 0 Å². The van der Waals surface area contributed by atoms with Crippen LogP contribution >= 0.6 is 23.1 Å². The molecule has 0 saturated heterocycles. The van der Waals surface area contributed by atoms with E-state index in [4.69, 9.17) is 9.47 Å². The maximum atomic E-state index is 11.8. The van der Waals surface area contributed by atoms with Gasteiger partial charge in [-0.05, 0) is 37.4 Å². The number of rotatable bonds is 8. The van der Waals surface area contributed by atoms with E-state index in [-0.39, 0.29) is 12.5 Å². The minimum absolute atomic E-state index is 0.0502. The van der Waals surface area contributed by atoms with E-state index in [0.29, 0.717) is 17.5 Å². The molecule has 0 aliphatic carbocycles. The Labute approximate surface area is 138 Å². The van der Waals surface area contributed by atoms with Gasteiger partial charge in [0.2, 0.25) is 0 Å². The first-order chi connectivity index (χ1) is 10.7. The van der Waals surface area contributed by atoms with Gasteiger partial charge in [0.05, 0.1) is 12.3 Å². The van der Waals surface area contributed by atoms with E-state index in [9.17, 15) is 4.79 Å². The van der Waals surface area contributed by atoms with Gasteiger partial charge in [-0.2, -0.15) is 11.8 Å². The molecule has 0 aliphatic rings. The van der Waals surface area contributed by atoms with Crippen LogP contribution in [-0.4, -0.2) is 30.4 Å². The molecule has 0 atom stereocenters. The van der Waals surface area contributed by atoms with Crippen molar-refractivity contribution in [1.29, 1.82) is 0 Å². The number of carbonyl (C=O) groups is 1. The van der Waals surface area contributed by atoms with E-state index >= 15 is 0 Å². The van der Waals surface area contributed by atoms with Crippen molar-refractivity contribution in [2.24, 2.45) is 0 Å². The fourth-order valence-electron chi connectivity index (χ4n) is 1.68. The molecule has 0 aliphatic heterocycles. The monoisotopic (exact) mass is 338 g/mol. The number of carbonyl (C=O) groups excluding carboxylic acids is 1. The molecular formula is C15H18N2O3S2. The summed E-state index contributed by atoms with van der Waals surface area (Å²) in [6, 6.07) is 7.18. The summed E-state index contributed by atoms with van der Waals surface area (Å²) in [5, 5.41) is 5.28. The number of nitrogens with zero attached hydrogens (tertiary/aromatic N) is 1. The average molecular weight is 338 g/mol. The smallest absolute Gasteiger partial charge is 0.264 e. The Morgan fingerprint density at radius 2 is 1.95 bits per heavy atom. The Morgan fingerprint density at radius 1 is 1.27 bits per heavy atom. The van der Waals surface area contributed by atoms with Gasteiger partial charge in [-0.15, -0.1) is 11.3 Å². The first kappa shape index (κ1) is 16.6. The molecule has 1 aromatic heterocycles. The molecule has 0 unspecified atom stereocenters. The lowest BCUT2D eigenvalue weighted by Gasteiger charge is -2.07. The van der Waals surface area contributed by atoms with Gasteiger partial charge in [-0.3, -0.25) is 10.1 Å².